The van der Waals surface area contributed by atoms with Gasteiger partial charge in [-0.3, -0.25) is 0 Å². The van der Waals surface area contributed by atoms with Crippen molar-refractivity contribution in [2.24, 2.45) is 27.1 Å². The highest BCUT2D eigenvalue weighted by molar-refractivity contribution is 7.00. The highest BCUT2D eigenvalue weighted by Gasteiger charge is 2.45. The molecule has 0 bridgehead atoms. The molecule has 0 saturated carbocycles. The van der Waals surface area contributed by atoms with Crippen LogP contribution in [0, 0.1) is 27.1 Å². The first-order valence-corrected chi connectivity index (χ1v) is 34.9. The lowest BCUT2D eigenvalue weighted by atomic mass is 9.33. The second-order valence-corrected chi connectivity index (χ2v) is 33.7. The summed E-state index contributed by atoms with van der Waals surface area (Å²) < 4.78 is 26.0. The minimum absolute atomic E-state index is 0.114. The van der Waals surface area contributed by atoms with Crippen molar-refractivity contribution in [1.29, 1.82) is 0 Å². The summed E-state index contributed by atoms with van der Waals surface area (Å²) >= 11 is 0. The van der Waals surface area contributed by atoms with E-state index in [2.05, 4.69) is 333 Å². The third kappa shape index (κ3) is 11.9. The van der Waals surface area contributed by atoms with Crippen LogP contribution < -0.4 is 26.2 Å². The molecule has 2 aliphatic heterocycles. The molecular formula is C91H93BN4. The quantitative estimate of drug-likeness (QED) is 0.120. The molecule has 0 spiro atoms. The molecule has 480 valence electrons. The van der Waals surface area contributed by atoms with Gasteiger partial charge in [-0.15, -0.1) is 0 Å². The molecular weight excluding hydrogens is 1160 g/mol. The number of rotatable bonds is 11. The van der Waals surface area contributed by atoms with Crippen molar-refractivity contribution in [3.05, 3.63) is 258 Å². The van der Waals surface area contributed by atoms with Gasteiger partial charge in [0, 0.05) is 69.5 Å². The van der Waals surface area contributed by atoms with Crippen LogP contribution in [0.5, 0.6) is 0 Å². The van der Waals surface area contributed by atoms with Gasteiger partial charge >= 0.3 is 0 Å². The molecule has 0 aliphatic carbocycles. The molecule has 0 radical (unpaired) electrons. The maximum Gasteiger partial charge on any atom is 0.252 e. The summed E-state index contributed by atoms with van der Waals surface area (Å²) in [5, 5.41) is 5.05. The van der Waals surface area contributed by atoms with Crippen LogP contribution in [0.25, 0.3) is 77.2 Å². The molecule has 0 atom stereocenters. The number of para-hydroxylation sites is 2. The highest BCUT2D eigenvalue weighted by Crippen LogP contribution is 2.51. The molecule has 4 heterocycles. The van der Waals surface area contributed by atoms with E-state index in [0.29, 0.717) is 5.56 Å². The van der Waals surface area contributed by atoms with Crippen molar-refractivity contribution in [1.82, 2.24) is 9.13 Å². The van der Waals surface area contributed by atoms with E-state index in [0.717, 1.165) is 98.9 Å². The average Bonchev–Trinajstić information content (AvgIpc) is 0.934. The third-order valence-electron chi connectivity index (χ3n) is 19.3. The van der Waals surface area contributed by atoms with Crippen LogP contribution in [-0.2, 0) is 32.1 Å². The summed E-state index contributed by atoms with van der Waals surface area (Å²) in [5.74, 6) is 0. The maximum atomic E-state index is 10.5. The van der Waals surface area contributed by atoms with E-state index in [4.69, 9.17) is 0 Å². The van der Waals surface area contributed by atoms with Gasteiger partial charge < -0.3 is 18.9 Å². The second kappa shape index (κ2) is 23.2. The monoisotopic (exact) mass is 1250 g/mol. The van der Waals surface area contributed by atoms with Gasteiger partial charge in [0.05, 0.1) is 33.4 Å². The van der Waals surface area contributed by atoms with Crippen molar-refractivity contribution in [2.75, 3.05) is 9.80 Å². The molecule has 0 N–H and O–H groups in total. The zero-order valence-corrected chi connectivity index (χ0v) is 59.1. The SMILES string of the molecule is [2H]C([2H])(c1cc2c3c(c1)N(c1ccccc1-c1ccccc1)c1cc(-n4c5ccc(CC(C)(C)C)cc5c5cc(CC(C)(C)C)ccc54)ccc1B3c1ccc(-n3c4ccc(CC(C)(C)C)cc4c4cc(CC(C)(C)C)ccc43)cc1N2c1ccccc1-c1ccccc1)C(C)(C)C. The number of anilines is 6. The van der Waals surface area contributed by atoms with Crippen molar-refractivity contribution >= 4 is 101 Å². The molecule has 13 aromatic rings. The second-order valence-electron chi connectivity index (χ2n) is 33.7. The lowest BCUT2D eigenvalue weighted by molar-refractivity contribution is 0.411. The number of nitrogens with zero attached hydrogens (tertiary/aromatic N) is 4. The Kier molecular flexibility index (Phi) is 14.6. The van der Waals surface area contributed by atoms with Gasteiger partial charge in [-0.25, -0.2) is 0 Å². The normalized spacial score (nSPS) is 14.0. The lowest BCUT2D eigenvalue weighted by Gasteiger charge is -2.45. The Labute approximate surface area is 574 Å². The smallest absolute Gasteiger partial charge is 0.252 e. The van der Waals surface area contributed by atoms with Gasteiger partial charge in [-0.1, -0.05) is 237 Å². The number of hydrogen-bond acceptors (Lipinski definition) is 2. The van der Waals surface area contributed by atoms with Crippen molar-refractivity contribution < 1.29 is 2.74 Å². The minimum atomic E-state index is -1.80. The van der Waals surface area contributed by atoms with Gasteiger partial charge in [0.25, 0.3) is 6.71 Å². The third-order valence-corrected chi connectivity index (χ3v) is 19.3. The van der Waals surface area contributed by atoms with Crippen LogP contribution in [0.3, 0.4) is 0 Å². The fraction of sp³-hybridized carbons (Fsp3) is 0.275. The Balaban J connectivity index is 1.06. The van der Waals surface area contributed by atoms with Crippen molar-refractivity contribution in [3.63, 3.8) is 0 Å². The van der Waals surface area contributed by atoms with Gasteiger partial charge in [0.15, 0.2) is 0 Å². The fourth-order valence-electron chi connectivity index (χ4n) is 16.0. The summed E-state index contributed by atoms with van der Waals surface area (Å²) in [4.78, 5) is 5.02. The van der Waals surface area contributed by atoms with E-state index in [-0.39, 0.29) is 28.4 Å². The molecule has 4 nitrogen and oxygen atoms in total. The highest BCUT2D eigenvalue weighted by atomic mass is 15.2. The number of hydrogen-bond donors (Lipinski definition) is 0. The van der Waals surface area contributed by atoms with Crippen molar-refractivity contribution in [2.45, 2.75) is 136 Å². The predicted octanol–water partition coefficient (Wildman–Crippen LogP) is 23.2. The Bertz CT molecular complexity index is 4830. The fourth-order valence-corrected chi connectivity index (χ4v) is 16.0. The summed E-state index contributed by atoms with van der Waals surface area (Å²) in [6.45, 7) is 33.9. The van der Waals surface area contributed by atoms with Gasteiger partial charge in [0.1, 0.15) is 0 Å². The number of aromatic nitrogens is 2. The molecule has 96 heavy (non-hydrogen) atoms. The molecule has 2 aromatic heterocycles. The molecule has 0 amide bonds. The van der Waals surface area contributed by atoms with E-state index in [1.807, 2.05) is 20.8 Å². The molecule has 0 fully saturated rings. The van der Waals surface area contributed by atoms with E-state index < -0.39 is 11.8 Å². The molecule has 5 heteroatoms. The van der Waals surface area contributed by atoms with E-state index in [1.165, 1.54) is 76.8 Å². The van der Waals surface area contributed by atoms with Gasteiger partial charge in [0.2, 0.25) is 0 Å². The van der Waals surface area contributed by atoms with Crippen LogP contribution >= 0.6 is 0 Å². The first kappa shape index (κ1) is 60.4. The summed E-state index contributed by atoms with van der Waals surface area (Å²) in [7, 11) is 0. The summed E-state index contributed by atoms with van der Waals surface area (Å²) in [6, 6.07) is 87.1. The first-order chi connectivity index (χ1) is 46.4. The average molecular weight is 1260 g/mol. The molecule has 2 aliphatic rings. The van der Waals surface area contributed by atoms with Crippen LogP contribution in [0.2, 0.25) is 0 Å². The van der Waals surface area contributed by atoms with Crippen LogP contribution in [0.4, 0.5) is 34.1 Å². The zero-order chi connectivity index (χ0) is 68.8. The van der Waals surface area contributed by atoms with E-state index >= 15 is 0 Å². The topological polar surface area (TPSA) is 16.3 Å². The maximum absolute atomic E-state index is 10.5. The van der Waals surface area contributed by atoms with Gasteiger partial charge in [-0.05, 0) is 212 Å². The number of fused-ring (bicyclic) bond motifs is 10. The lowest BCUT2D eigenvalue weighted by Crippen LogP contribution is -2.61. The van der Waals surface area contributed by atoms with E-state index in [9.17, 15) is 2.74 Å². The first-order valence-electron chi connectivity index (χ1n) is 35.9. The summed E-state index contributed by atoms with van der Waals surface area (Å²) in [6.07, 6.45) is 2.08. The van der Waals surface area contributed by atoms with Crippen LogP contribution in [0.15, 0.2) is 231 Å². The number of benzene rings is 11. The van der Waals surface area contributed by atoms with Crippen molar-refractivity contribution in [3.8, 4) is 33.6 Å². The standard InChI is InChI=1S/C91H93BN4/c1-87(2,3)54-59-34-42-78-70(46-59)71-47-60(55-88(4,5)6)35-43-79(71)93(78)66-38-40-74-82(52-66)95(76-32-24-22-30-68(76)64-26-18-16-19-27-64)84-50-63(58-91(13,14)15)51-85-86(84)92(74)75-41-39-67(53-83(75)96(85)77-33-25-23-31-69(77)65-28-20-17-21-29-65)94-80-44-36-61(56-89(7,8)9)48-72(80)73-49-62(37-45-81(73)94)57-90(10,11)12/h16-53H,54-58H2,1-15H3/i58D2. The molecule has 15 rings (SSSR count). The van der Waals surface area contributed by atoms with Gasteiger partial charge in [-0.2, -0.15) is 0 Å². The largest absolute Gasteiger partial charge is 0.311 e. The minimum Gasteiger partial charge on any atom is -0.311 e. The van der Waals surface area contributed by atoms with E-state index in [1.54, 1.807) is 0 Å². The predicted molar refractivity (Wildman–Crippen MR) is 416 cm³/mol. The Morgan fingerprint density at radius 1 is 0.292 bits per heavy atom. The summed E-state index contributed by atoms with van der Waals surface area (Å²) in [5.41, 5.74) is 26.4. The molecule has 0 saturated heterocycles. The molecule has 0 unspecified atom stereocenters. The molecule has 11 aromatic carbocycles. The van der Waals surface area contributed by atoms with Crippen LogP contribution in [0.1, 0.15) is 134 Å². The Morgan fingerprint density at radius 2 is 0.615 bits per heavy atom. The zero-order valence-electron chi connectivity index (χ0n) is 61.1. The Morgan fingerprint density at radius 3 is 0.938 bits per heavy atom. The van der Waals surface area contributed by atoms with Crippen LogP contribution in [-0.4, -0.2) is 15.8 Å². The Hall–Kier alpha value is -9.32.